The number of likely N-dealkylation sites (tertiary alicyclic amines) is 1. The summed E-state index contributed by atoms with van der Waals surface area (Å²) in [7, 11) is 2.75. The second-order valence-corrected chi connectivity index (χ2v) is 19.9. The third-order valence-electron chi connectivity index (χ3n) is 13.1. The minimum Gasteiger partial charge on any atom is -0.391 e. The molecule has 9 atom stereocenters. The number of aliphatic hydroxyl groups is 1. The zero-order valence-corrected chi connectivity index (χ0v) is 45.7. The lowest BCUT2D eigenvalue weighted by Crippen LogP contribution is -2.63. The molecule has 0 aliphatic carbocycles. The molecule has 10 amide bonds. The van der Waals surface area contributed by atoms with Crippen molar-refractivity contribution in [1.82, 2.24) is 51.9 Å². The van der Waals surface area contributed by atoms with E-state index in [9.17, 15) is 53.1 Å². The van der Waals surface area contributed by atoms with Crippen molar-refractivity contribution in [1.29, 1.82) is 0 Å². The number of nitrogens with zero attached hydrogens (tertiary/aromatic N) is 4. The molecule has 1 aliphatic rings. The number of benzene rings is 1. The van der Waals surface area contributed by atoms with Crippen molar-refractivity contribution in [2.24, 2.45) is 34.2 Å². The Hall–Kier alpha value is -6.85. The predicted octanol–water partition coefficient (Wildman–Crippen LogP) is -1.62. The fourth-order valence-electron chi connectivity index (χ4n) is 8.49. The summed E-state index contributed by atoms with van der Waals surface area (Å²) in [6.07, 6.45) is 0.611. The lowest BCUT2D eigenvalue weighted by Gasteiger charge is -2.36. The molecule has 0 aromatic heterocycles. The Bertz CT molecular complexity index is 2140. The number of guanidine groups is 1. The van der Waals surface area contributed by atoms with Crippen LogP contribution < -0.4 is 48.7 Å². The summed E-state index contributed by atoms with van der Waals surface area (Å²) in [5.41, 5.74) is 11.9. The van der Waals surface area contributed by atoms with Gasteiger partial charge in [0.25, 0.3) is 0 Å². The zero-order valence-electron chi connectivity index (χ0n) is 45.7. The minimum absolute atomic E-state index is 0.0161. The van der Waals surface area contributed by atoms with Crippen LogP contribution in [0.5, 0.6) is 0 Å². The third-order valence-corrected chi connectivity index (χ3v) is 13.1. The van der Waals surface area contributed by atoms with E-state index in [2.05, 4.69) is 42.2 Å². The Balaban J connectivity index is 2.40. The van der Waals surface area contributed by atoms with Crippen LogP contribution in [0.3, 0.4) is 0 Å². The van der Waals surface area contributed by atoms with Crippen molar-refractivity contribution in [2.75, 3.05) is 46.8 Å². The van der Waals surface area contributed by atoms with Crippen molar-refractivity contribution in [2.45, 2.75) is 156 Å². The first-order valence-electron chi connectivity index (χ1n) is 25.9. The van der Waals surface area contributed by atoms with Gasteiger partial charge in [-0.3, -0.25) is 52.9 Å². The lowest BCUT2D eigenvalue weighted by molar-refractivity contribution is -0.147. The van der Waals surface area contributed by atoms with Gasteiger partial charge in [0.05, 0.1) is 19.2 Å². The van der Waals surface area contributed by atoms with Crippen molar-refractivity contribution in [3.8, 4) is 0 Å². The van der Waals surface area contributed by atoms with E-state index < -0.39 is 120 Å². The highest BCUT2D eigenvalue weighted by atomic mass is 16.3. The molecule has 1 heterocycles. The molecule has 0 saturated carbocycles. The van der Waals surface area contributed by atoms with Crippen LogP contribution >= 0.6 is 0 Å². The van der Waals surface area contributed by atoms with Crippen LogP contribution in [-0.2, 0) is 54.4 Å². The van der Waals surface area contributed by atoms with Crippen molar-refractivity contribution < 1.29 is 53.1 Å². The molecule has 1 aromatic carbocycles. The molecule has 0 bridgehead atoms. The molecular formula is C51H85N13O11. The topological polar surface area (TPSA) is 349 Å². The first-order chi connectivity index (χ1) is 35.2. The van der Waals surface area contributed by atoms with E-state index in [0.29, 0.717) is 38.8 Å². The minimum atomic E-state index is -1.65. The maximum atomic E-state index is 14.5. The Labute approximate surface area is 441 Å². The monoisotopic (exact) mass is 1060 g/mol. The summed E-state index contributed by atoms with van der Waals surface area (Å²) in [6.45, 7) is 14.6. The normalized spacial score (nSPS) is 16.3. The molecule has 1 aliphatic heterocycles. The standard InChI is InChI=1S/C51H85N13O11/c1-12-31(7)41(47(72)58-36(21-17-25-55-51(52)53)49(74)64-26-18-22-37(64)45(70)54-13-2)60-48(73)43(30(5)6)63(11)50(75)42(32(8)65)61-44(69)35(24-23-34-19-15-14-16-20-34)57-46(71)40(29(3)4)59-38(67)27-56-39(68)28-62(10)33(9)66/h14-16,19-20,29-32,35-37,40-43,65H,12-13,17-18,21-28H2,1-11H3,(H,54,70)(H,56,68)(H,57,71)(H,58,72)(H,59,67)(H,60,73)(H,61,69)(H4,52,53,55)/t31-,32+,35+,36-,37-,40-,41-,42-,43-/m0/s1. The summed E-state index contributed by atoms with van der Waals surface area (Å²) in [6, 6.07) is 0.607. The number of hydrogen-bond acceptors (Lipinski definition) is 12. The molecule has 24 nitrogen and oxygen atoms in total. The molecule has 1 saturated heterocycles. The Morgan fingerprint density at radius 3 is 1.92 bits per heavy atom. The third kappa shape index (κ3) is 20.8. The van der Waals surface area contributed by atoms with Crippen LogP contribution in [-0.4, -0.2) is 180 Å². The smallest absolute Gasteiger partial charge is 0.248 e. The van der Waals surface area contributed by atoms with Gasteiger partial charge >= 0.3 is 0 Å². The number of amides is 10. The number of hydrogen-bond donors (Lipinski definition) is 10. The Kier molecular flexibility index (Phi) is 27.2. The van der Waals surface area contributed by atoms with Crippen LogP contribution in [0.15, 0.2) is 35.3 Å². The fraction of sp³-hybridized carbons (Fsp3) is 0.667. The molecule has 0 spiro atoms. The number of nitrogens with one attached hydrogen (secondary N) is 7. The Morgan fingerprint density at radius 1 is 0.747 bits per heavy atom. The number of aliphatic hydroxyl groups excluding tert-OH is 1. The second-order valence-electron chi connectivity index (χ2n) is 19.9. The zero-order chi connectivity index (χ0) is 56.7. The second kappa shape index (κ2) is 31.8. The number of rotatable bonds is 30. The molecule has 0 unspecified atom stereocenters. The van der Waals surface area contributed by atoms with Gasteiger partial charge in [-0.2, -0.15) is 0 Å². The van der Waals surface area contributed by atoms with E-state index >= 15 is 0 Å². The van der Waals surface area contributed by atoms with E-state index in [0.717, 1.165) is 15.4 Å². The molecule has 2 rings (SSSR count). The number of aryl methyl sites for hydroxylation is 1. The lowest BCUT2D eigenvalue weighted by atomic mass is 9.95. The maximum Gasteiger partial charge on any atom is 0.248 e. The molecule has 0 radical (unpaired) electrons. The highest BCUT2D eigenvalue weighted by molar-refractivity contribution is 5.98. The summed E-state index contributed by atoms with van der Waals surface area (Å²) in [5, 5.41) is 29.8. The largest absolute Gasteiger partial charge is 0.391 e. The predicted molar refractivity (Wildman–Crippen MR) is 281 cm³/mol. The maximum absolute atomic E-state index is 14.5. The summed E-state index contributed by atoms with van der Waals surface area (Å²) in [5.74, 6) is -8.06. The molecule has 420 valence electrons. The van der Waals surface area contributed by atoms with Crippen LogP contribution in [0.25, 0.3) is 0 Å². The number of likely N-dealkylation sites (N-methyl/N-ethyl adjacent to an activating group) is 3. The SMILES string of the molecule is CCNC(=O)[C@@H]1CCCN1C(=O)[C@H](CCCN=C(N)N)NC(=O)[C@@H](NC(=O)[C@H](C(C)C)N(C)C(=O)[C@@H](NC(=O)[C@@H](CCc1ccccc1)NC(=O)[C@@H](NC(=O)CNC(=O)CN(C)C(C)=O)C(C)C)[C@@H](C)O)[C@@H](C)CC. The van der Waals surface area contributed by atoms with E-state index in [4.69, 9.17) is 11.5 Å². The number of carbonyl (C=O) groups excluding carboxylic acids is 10. The average Bonchev–Trinajstić information content (AvgIpc) is 3.85. The van der Waals surface area contributed by atoms with E-state index in [-0.39, 0.29) is 50.1 Å². The molecular weight excluding hydrogens is 971 g/mol. The van der Waals surface area contributed by atoms with Crippen LogP contribution in [0.1, 0.15) is 106 Å². The highest BCUT2D eigenvalue weighted by Gasteiger charge is 2.41. The van der Waals surface area contributed by atoms with Crippen LogP contribution in [0.4, 0.5) is 0 Å². The molecule has 1 fully saturated rings. The van der Waals surface area contributed by atoms with E-state index in [1.54, 1.807) is 53.7 Å². The van der Waals surface area contributed by atoms with Crippen molar-refractivity contribution in [3.05, 3.63) is 35.9 Å². The van der Waals surface area contributed by atoms with Gasteiger partial charge in [0.2, 0.25) is 59.1 Å². The fourth-order valence-corrected chi connectivity index (χ4v) is 8.49. The molecule has 1 aromatic rings. The van der Waals surface area contributed by atoms with Crippen LogP contribution in [0, 0.1) is 17.8 Å². The van der Waals surface area contributed by atoms with E-state index in [1.807, 2.05) is 25.1 Å². The van der Waals surface area contributed by atoms with Crippen LogP contribution in [0.2, 0.25) is 0 Å². The van der Waals surface area contributed by atoms with E-state index in [1.165, 1.54) is 32.8 Å². The first kappa shape index (κ1) is 64.3. The number of nitrogens with two attached hydrogens (primary N) is 2. The summed E-state index contributed by atoms with van der Waals surface area (Å²) >= 11 is 0. The Morgan fingerprint density at radius 2 is 1.36 bits per heavy atom. The van der Waals surface area contributed by atoms with Gasteiger partial charge in [-0.1, -0.05) is 78.3 Å². The highest BCUT2D eigenvalue weighted by Crippen LogP contribution is 2.21. The van der Waals surface area contributed by atoms with Gasteiger partial charge in [0.15, 0.2) is 5.96 Å². The van der Waals surface area contributed by atoms with Gasteiger partial charge in [-0.25, -0.2) is 0 Å². The van der Waals surface area contributed by atoms with Crippen molar-refractivity contribution >= 4 is 65.0 Å². The van der Waals surface area contributed by atoms with Gasteiger partial charge < -0.3 is 68.5 Å². The first-order valence-corrected chi connectivity index (χ1v) is 25.9. The van der Waals surface area contributed by atoms with Gasteiger partial charge in [0, 0.05) is 40.7 Å². The van der Waals surface area contributed by atoms with Gasteiger partial charge in [-0.15, -0.1) is 0 Å². The molecule has 24 heteroatoms. The number of carbonyl (C=O) groups is 10. The quantitative estimate of drug-likeness (QED) is 0.0236. The summed E-state index contributed by atoms with van der Waals surface area (Å²) in [4.78, 5) is 143. The molecule has 75 heavy (non-hydrogen) atoms. The number of aliphatic imine (C=N–C) groups is 1. The molecule has 12 N–H and O–H groups in total. The van der Waals surface area contributed by atoms with Crippen molar-refractivity contribution in [3.63, 3.8) is 0 Å². The van der Waals surface area contributed by atoms with Gasteiger partial charge in [-0.05, 0) is 75.7 Å². The average molecular weight is 1060 g/mol. The van der Waals surface area contributed by atoms with Gasteiger partial charge in [0.1, 0.15) is 42.3 Å². The summed E-state index contributed by atoms with van der Waals surface area (Å²) < 4.78 is 0.